The summed E-state index contributed by atoms with van der Waals surface area (Å²) in [6.07, 6.45) is 0.300. The molecular weight excluding hydrogens is 855 g/mol. The van der Waals surface area contributed by atoms with Crippen molar-refractivity contribution in [2.45, 2.75) is 37.4 Å². The van der Waals surface area contributed by atoms with E-state index in [1.165, 1.54) is 34.3 Å². The Labute approximate surface area is 367 Å². The first-order valence-electron chi connectivity index (χ1n) is 20.3. The van der Waals surface area contributed by atoms with Crippen molar-refractivity contribution >= 4 is 37.8 Å². The monoisotopic (exact) mass is 905 g/mol. The number of carbonyl (C=O) groups is 1. The van der Waals surface area contributed by atoms with Gasteiger partial charge in [-0.3, -0.25) is 4.90 Å². The highest BCUT2D eigenvalue weighted by Crippen LogP contribution is 2.42. The van der Waals surface area contributed by atoms with Gasteiger partial charge in [-0.2, -0.15) is 17.5 Å². The third kappa shape index (κ3) is 11.0. The van der Waals surface area contributed by atoms with E-state index in [2.05, 4.69) is 19.9 Å². The predicted octanol–water partition coefficient (Wildman–Crippen LogP) is 3.81. The van der Waals surface area contributed by atoms with Gasteiger partial charge in [0.15, 0.2) is 0 Å². The number of aliphatic hydroxyl groups excluding tert-OH is 1. The minimum Gasteiger partial charge on any atom is -0.497 e. The van der Waals surface area contributed by atoms with Crippen LogP contribution in [0.2, 0.25) is 0 Å². The molecule has 21 heteroatoms. The highest BCUT2D eigenvalue weighted by Gasteiger charge is 2.37. The lowest BCUT2D eigenvalue weighted by atomic mass is 10.1. The molecule has 63 heavy (non-hydrogen) atoms. The zero-order valence-electron chi connectivity index (χ0n) is 35.3. The lowest BCUT2D eigenvalue weighted by molar-refractivity contribution is 0.165. The van der Waals surface area contributed by atoms with Crippen LogP contribution in [0.3, 0.4) is 0 Å². The summed E-state index contributed by atoms with van der Waals surface area (Å²) < 4.78 is 83.8. The first kappa shape index (κ1) is 45.0. The van der Waals surface area contributed by atoms with Gasteiger partial charge in [0.25, 0.3) is 0 Å². The third-order valence-electron chi connectivity index (χ3n) is 10.8. The Morgan fingerprint density at radius 1 is 0.730 bits per heavy atom. The van der Waals surface area contributed by atoms with Crippen molar-refractivity contribution in [1.29, 1.82) is 0 Å². The van der Waals surface area contributed by atoms with Crippen molar-refractivity contribution < 1.29 is 45.1 Å². The van der Waals surface area contributed by atoms with E-state index >= 15 is 8.42 Å². The average molecular weight is 906 g/mol. The van der Waals surface area contributed by atoms with Crippen LogP contribution in [-0.4, -0.2) is 136 Å². The molecule has 0 atom stereocenters. The van der Waals surface area contributed by atoms with E-state index in [0.29, 0.717) is 92.7 Å². The van der Waals surface area contributed by atoms with Crippen molar-refractivity contribution in [3.63, 3.8) is 0 Å². The number of β-amino-alcohol motifs (C(OH)–C–C–N with tert-alkyl or cyclic N) is 1. The van der Waals surface area contributed by atoms with Gasteiger partial charge in [-0.15, -0.1) is 10.2 Å². The number of aliphatic hydroxyl groups is 1. The molecule has 0 spiro atoms. The summed E-state index contributed by atoms with van der Waals surface area (Å²) in [5.41, 5.74) is 1.99. The number of aromatic nitrogens is 4. The molecule has 0 saturated carbocycles. The van der Waals surface area contributed by atoms with Gasteiger partial charge in [0, 0.05) is 64.6 Å². The Hall–Kier alpha value is -6.00. The zero-order valence-corrected chi connectivity index (χ0v) is 36.9. The molecule has 1 aromatic heterocycles. The van der Waals surface area contributed by atoms with Crippen LogP contribution in [0.4, 0.5) is 16.2 Å². The van der Waals surface area contributed by atoms with Gasteiger partial charge < -0.3 is 33.3 Å². The standard InChI is InChI=1S/C42H51N9O10S2/c1-58-34-12-6-31(7-13-34)28-50(29-32-8-14-35(59-2)15-9-32)62(54,55)40-37(45-63(56,57)61-42(53)49-20-4-5-21-49)18-19-38(48-24-22-47(23-25-48)26-27-52)39(40)41-43-46-51(44-41)30-33-10-16-36(60-3)17-11-33/h6-19,45,52H,4-5,20-30H2,1-3H3. The van der Waals surface area contributed by atoms with E-state index in [4.69, 9.17) is 23.5 Å². The number of ether oxygens (including phenoxy) is 3. The van der Waals surface area contributed by atoms with Crippen molar-refractivity contribution in [3.05, 3.63) is 102 Å². The van der Waals surface area contributed by atoms with Gasteiger partial charge >= 0.3 is 16.4 Å². The number of nitrogens with one attached hydrogen (secondary N) is 1. The van der Waals surface area contributed by atoms with Crippen molar-refractivity contribution in [1.82, 2.24) is 34.3 Å². The van der Waals surface area contributed by atoms with E-state index in [0.717, 1.165) is 5.56 Å². The average Bonchev–Trinajstić information content (AvgIpc) is 4.01. The Morgan fingerprint density at radius 2 is 1.27 bits per heavy atom. The van der Waals surface area contributed by atoms with Gasteiger partial charge in [-0.1, -0.05) is 36.4 Å². The van der Waals surface area contributed by atoms with E-state index in [-0.39, 0.29) is 37.6 Å². The molecule has 7 rings (SSSR count). The van der Waals surface area contributed by atoms with E-state index in [1.54, 1.807) is 73.8 Å². The molecule has 0 bridgehead atoms. The SMILES string of the molecule is COc1ccc(CN(Cc2ccc(OC)cc2)S(=O)(=O)c2c(NS(=O)(=O)OC(=O)N3CCCC3)ccc(N3CCN(CCO)CC3)c2-c2nnn(Cc3ccc(OC)cc3)n2)cc1. The third-order valence-corrected chi connectivity index (χ3v) is 13.5. The number of piperazine rings is 1. The number of methoxy groups -OCH3 is 3. The maximum Gasteiger partial charge on any atom is 0.426 e. The first-order chi connectivity index (χ1) is 30.4. The number of carbonyl (C=O) groups excluding carboxylic acids is 1. The molecule has 5 aromatic rings. The molecule has 2 N–H and O–H groups in total. The van der Waals surface area contributed by atoms with Crippen LogP contribution in [0.1, 0.15) is 29.5 Å². The number of hydrogen-bond donors (Lipinski definition) is 2. The lowest BCUT2D eigenvalue weighted by Crippen LogP contribution is -2.47. The lowest BCUT2D eigenvalue weighted by Gasteiger charge is -2.37. The van der Waals surface area contributed by atoms with Crippen LogP contribution >= 0.6 is 0 Å². The predicted molar refractivity (Wildman–Crippen MR) is 233 cm³/mol. The minimum atomic E-state index is -4.97. The number of nitrogens with zero attached hydrogens (tertiary/aromatic N) is 8. The Morgan fingerprint density at radius 3 is 1.79 bits per heavy atom. The summed E-state index contributed by atoms with van der Waals surface area (Å²) in [5.74, 6) is 1.70. The van der Waals surface area contributed by atoms with Gasteiger partial charge in [-0.25, -0.2) is 17.9 Å². The largest absolute Gasteiger partial charge is 0.497 e. The fourth-order valence-corrected chi connectivity index (χ4v) is 10.1. The highest BCUT2D eigenvalue weighted by atomic mass is 32.2. The molecule has 2 saturated heterocycles. The molecule has 3 heterocycles. The number of benzene rings is 4. The van der Waals surface area contributed by atoms with Crippen molar-refractivity contribution in [3.8, 4) is 28.6 Å². The normalized spacial score (nSPS) is 14.8. The summed E-state index contributed by atoms with van der Waals surface area (Å²) in [7, 11) is -5.15. The summed E-state index contributed by atoms with van der Waals surface area (Å²) in [6, 6.07) is 24.0. The molecule has 336 valence electrons. The number of rotatable bonds is 18. The maximum absolute atomic E-state index is 15.8. The molecule has 0 radical (unpaired) electrons. The van der Waals surface area contributed by atoms with Crippen LogP contribution < -0.4 is 23.8 Å². The summed E-state index contributed by atoms with van der Waals surface area (Å²) >= 11 is 0. The van der Waals surface area contributed by atoms with Crippen LogP contribution in [-0.2, 0) is 44.1 Å². The number of likely N-dealkylation sites (tertiary alicyclic amines) is 1. The second-order valence-corrected chi connectivity index (χ2v) is 18.1. The summed E-state index contributed by atoms with van der Waals surface area (Å²) in [5, 5.41) is 23.1. The first-order valence-corrected chi connectivity index (χ1v) is 23.2. The molecule has 4 aromatic carbocycles. The van der Waals surface area contributed by atoms with Crippen LogP contribution in [0.25, 0.3) is 11.4 Å². The number of sulfonamides is 1. The van der Waals surface area contributed by atoms with Crippen LogP contribution in [0.5, 0.6) is 17.2 Å². The number of tetrazole rings is 1. The quantitative estimate of drug-likeness (QED) is 0.128. The Bertz CT molecular complexity index is 2500. The number of anilines is 2. The number of amides is 1. The maximum atomic E-state index is 15.8. The van der Waals surface area contributed by atoms with Gasteiger partial charge in [0.2, 0.25) is 15.8 Å². The Balaban J connectivity index is 1.40. The van der Waals surface area contributed by atoms with Crippen molar-refractivity contribution in [2.75, 3.05) is 83.4 Å². The second-order valence-electron chi connectivity index (χ2n) is 14.9. The Kier molecular flexibility index (Phi) is 14.3. The second kappa shape index (κ2) is 20.0. The molecule has 0 aliphatic carbocycles. The van der Waals surface area contributed by atoms with E-state index < -0.39 is 37.0 Å². The smallest absolute Gasteiger partial charge is 0.426 e. The topological polar surface area (TPSA) is 211 Å². The molecular formula is C42H51N9O10S2. The van der Waals surface area contributed by atoms with Gasteiger partial charge in [-0.05, 0) is 83.3 Å². The zero-order chi connectivity index (χ0) is 44.6. The molecule has 2 fully saturated rings. The van der Waals surface area contributed by atoms with Crippen LogP contribution in [0, 0.1) is 0 Å². The fourth-order valence-electron chi connectivity index (χ4n) is 7.48. The molecule has 2 aliphatic rings. The van der Waals surface area contributed by atoms with E-state index in [9.17, 15) is 18.3 Å². The summed E-state index contributed by atoms with van der Waals surface area (Å²) in [6.45, 7) is 2.86. The molecule has 2 aliphatic heterocycles. The van der Waals surface area contributed by atoms with E-state index in [1.807, 2.05) is 17.0 Å². The van der Waals surface area contributed by atoms with Gasteiger partial charge in [0.05, 0.1) is 45.7 Å². The van der Waals surface area contributed by atoms with Gasteiger partial charge in [0.1, 0.15) is 22.1 Å². The molecule has 19 nitrogen and oxygen atoms in total. The fraction of sp³-hybridized carbons (Fsp3) is 0.381. The highest BCUT2D eigenvalue weighted by molar-refractivity contribution is 7.90. The molecule has 0 unspecified atom stereocenters. The minimum absolute atomic E-state index is 0.0212. The summed E-state index contributed by atoms with van der Waals surface area (Å²) in [4.78, 5) is 19.2. The van der Waals surface area contributed by atoms with Crippen LogP contribution in [0.15, 0.2) is 89.8 Å². The molecule has 1 amide bonds. The number of hydrogen-bond acceptors (Lipinski definition) is 15. The van der Waals surface area contributed by atoms with Crippen molar-refractivity contribution in [2.24, 2.45) is 0 Å².